The summed E-state index contributed by atoms with van der Waals surface area (Å²) in [4.78, 5) is 17.4. The van der Waals surface area contributed by atoms with Crippen molar-refractivity contribution in [3.63, 3.8) is 0 Å². The normalized spacial score (nSPS) is 40.3. The molecule has 4 fully saturated rings. The van der Waals surface area contributed by atoms with Crippen LogP contribution in [0.5, 0.6) is 0 Å². The smallest absolute Gasteiger partial charge is 0.213 e. The lowest BCUT2D eigenvalue weighted by atomic mass is 9.44. The van der Waals surface area contributed by atoms with Gasteiger partial charge in [0.05, 0.1) is 17.9 Å². The van der Waals surface area contributed by atoms with Gasteiger partial charge in [0, 0.05) is 17.4 Å². The molecule has 0 N–H and O–H groups in total. The molecule has 0 aliphatic heterocycles. The van der Waals surface area contributed by atoms with Gasteiger partial charge in [-0.2, -0.15) is 9.49 Å². The van der Waals surface area contributed by atoms with Crippen molar-refractivity contribution < 1.29 is 9.18 Å². The number of nitrogens with zero attached hydrogens (tertiary/aromatic N) is 3. The number of pyridine rings is 1. The van der Waals surface area contributed by atoms with E-state index in [1.165, 1.54) is 63.6 Å². The van der Waals surface area contributed by atoms with Crippen molar-refractivity contribution in [2.24, 2.45) is 46.3 Å². The van der Waals surface area contributed by atoms with Crippen molar-refractivity contribution in [2.45, 2.75) is 99.0 Å². The molecule has 0 amide bonds. The van der Waals surface area contributed by atoms with E-state index in [1.54, 1.807) is 10.9 Å². The highest BCUT2D eigenvalue weighted by Crippen LogP contribution is 2.67. The molecule has 0 bridgehead atoms. The zero-order valence-corrected chi connectivity index (χ0v) is 22.4. The van der Waals surface area contributed by atoms with Gasteiger partial charge in [-0.05, 0) is 91.8 Å². The average molecular weight is 482 g/mol. The van der Waals surface area contributed by atoms with E-state index in [0.717, 1.165) is 35.6 Å². The van der Waals surface area contributed by atoms with E-state index >= 15 is 0 Å². The minimum Gasteiger partial charge on any atom is -0.297 e. The van der Waals surface area contributed by atoms with E-state index < -0.39 is 5.95 Å². The number of hydrogen-bond donors (Lipinski definition) is 0. The number of aromatic nitrogens is 3. The molecule has 0 aromatic carbocycles. The van der Waals surface area contributed by atoms with Crippen molar-refractivity contribution in [1.82, 2.24) is 14.8 Å². The number of carbonyl (C=O) groups excluding carboxylic acids is 1. The minimum absolute atomic E-state index is 0.119. The summed E-state index contributed by atoms with van der Waals surface area (Å²) in [5, 5.41) is 5.10. The van der Waals surface area contributed by atoms with E-state index in [4.69, 9.17) is 0 Å². The van der Waals surface area contributed by atoms with Crippen molar-refractivity contribution in [1.29, 1.82) is 0 Å². The Hall–Kier alpha value is -1.78. The Bertz CT molecular complexity index is 1080. The summed E-state index contributed by atoms with van der Waals surface area (Å²) in [6, 6.07) is 1.39. The molecule has 7 unspecified atom stereocenters. The third-order valence-electron chi connectivity index (χ3n) is 11.1. The summed E-state index contributed by atoms with van der Waals surface area (Å²) in [7, 11) is 0. The molecule has 4 aliphatic carbocycles. The lowest BCUT2D eigenvalue weighted by Crippen LogP contribution is -2.53. The van der Waals surface area contributed by atoms with Crippen LogP contribution < -0.4 is 0 Å². The first kappa shape index (κ1) is 24.9. The van der Waals surface area contributed by atoms with Gasteiger partial charge < -0.3 is 0 Å². The van der Waals surface area contributed by atoms with Crippen LogP contribution in [0.2, 0.25) is 0 Å². The molecule has 4 aliphatic rings. The molecule has 2 heterocycles. The SMILES string of the molecule is CC.CC1CCC2(C)C(CCC3C2CCC2(C)C3CC[C@@H]2C(=O)Cn2ncc3cc(F)ncc32)C1. The minimum atomic E-state index is -0.507. The largest absolute Gasteiger partial charge is 0.297 e. The molecular weight excluding hydrogens is 437 g/mol. The third-order valence-corrected chi connectivity index (χ3v) is 11.1. The molecule has 0 radical (unpaired) electrons. The maximum absolute atomic E-state index is 13.6. The predicted molar refractivity (Wildman–Crippen MR) is 138 cm³/mol. The second kappa shape index (κ2) is 9.27. The predicted octanol–water partition coefficient (Wildman–Crippen LogP) is 7.46. The molecule has 2 aromatic heterocycles. The van der Waals surface area contributed by atoms with Gasteiger partial charge in [0.25, 0.3) is 0 Å². The standard InChI is InChI=1S/C28H38FN3O.C2H6/c1-17-8-10-27(2)19(12-17)4-5-20-21-6-7-23(28(21,3)11-9-22(20)27)25(33)16-32-24-15-30-26(29)13-18(24)14-31-32;1-2/h13-15,17,19-23H,4-12,16H2,1-3H3;1-2H3/t17?,19?,20?,21?,22?,23-,27?,28?;/m1./s1. The second-order valence-electron chi connectivity index (χ2n) is 12.5. The van der Waals surface area contributed by atoms with Crippen LogP contribution in [-0.2, 0) is 11.3 Å². The molecular formula is C30H44FN3O. The molecule has 5 heteroatoms. The van der Waals surface area contributed by atoms with Gasteiger partial charge in [-0.1, -0.05) is 41.0 Å². The van der Waals surface area contributed by atoms with Crippen molar-refractivity contribution in [2.75, 3.05) is 0 Å². The summed E-state index contributed by atoms with van der Waals surface area (Å²) in [5.74, 6) is 4.07. The Kier molecular flexibility index (Phi) is 6.59. The first-order chi connectivity index (χ1) is 16.8. The molecule has 8 atom stereocenters. The summed E-state index contributed by atoms with van der Waals surface area (Å²) in [6.07, 6.45) is 14.9. The number of carbonyl (C=O) groups is 1. The van der Waals surface area contributed by atoms with Crippen molar-refractivity contribution in [3.8, 4) is 0 Å². The lowest BCUT2D eigenvalue weighted by molar-refractivity contribution is -0.137. The second-order valence-corrected chi connectivity index (χ2v) is 12.5. The Labute approximate surface area is 210 Å². The van der Waals surface area contributed by atoms with E-state index in [2.05, 4.69) is 30.9 Å². The number of fused-ring (bicyclic) bond motifs is 6. The molecule has 0 saturated heterocycles. The quantitative estimate of drug-likeness (QED) is 0.427. The zero-order chi connectivity index (χ0) is 25.0. The molecule has 192 valence electrons. The Balaban J connectivity index is 0.00000124. The van der Waals surface area contributed by atoms with Crippen LogP contribution in [0.4, 0.5) is 4.39 Å². The lowest BCUT2D eigenvalue weighted by Gasteiger charge is -2.61. The van der Waals surface area contributed by atoms with E-state index in [0.29, 0.717) is 22.5 Å². The maximum atomic E-state index is 13.6. The Morgan fingerprint density at radius 1 is 1.03 bits per heavy atom. The number of halogens is 1. The fourth-order valence-corrected chi connectivity index (χ4v) is 9.34. The Morgan fingerprint density at radius 2 is 1.77 bits per heavy atom. The topological polar surface area (TPSA) is 47.8 Å². The molecule has 35 heavy (non-hydrogen) atoms. The highest BCUT2D eigenvalue weighted by Gasteiger charge is 2.60. The average Bonchev–Trinajstić information content (AvgIpc) is 3.40. The highest BCUT2D eigenvalue weighted by molar-refractivity contribution is 5.84. The van der Waals surface area contributed by atoms with E-state index in [9.17, 15) is 9.18 Å². The van der Waals surface area contributed by atoms with Gasteiger partial charge in [0.1, 0.15) is 6.54 Å². The van der Waals surface area contributed by atoms with Crippen molar-refractivity contribution in [3.05, 3.63) is 24.4 Å². The van der Waals surface area contributed by atoms with Crippen LogP contribution in [0, 0.1) is 52.3 Å². The van der Waals surface area contributed by atoms with Crippen LogP contribution >= 0.6 is 0 Å². The maximum Gasteiger partial charge on any atom is 0.213 e. The van der Waals surface area contributed by atoms with E-state index in [1.807, 2.05) is 13.8 Å². The summed E-state index contributed by atoms with van der Waals surface area (Å²) in [5.41, 5.74) is 1.39. The molecule has 0 spiro atoms. The number of Topliss-reactive ketones (excluding diaryl/α,β-unsaturated/α-hetero) is 1. The Morgan fingerprint density at radius 3 is 2.57 bits per heavy atom. The van der Waals surface area contributed by atoms with Crippen LogP contribution in [0.3, 0.4) is 0 Å². The van der Waals surface area contributed by atoms with Crippen molar-refractivity contribution >= 4 is 16.7 Å². The third kappa shape index (κ3) is 3.96. The van der Waals surface area contributed by atoms with E-state index in [-0.39, 0.29) is 17.9 Å². The molecule has 4 saturated carbocycles. The van der Waals surface area contributed by atoms with Crippen LogP contribution in [0.1, 0.15) is 92.4 Å². The van der Waals surface area contributed by atoms with Gasteiger partial charge >= 0.3 is 0 Å². The summed E-state index contributed by atoms with van der Waals surface area (Å²) < 4.78 is 15.2. The van der Waals surface area contributed by atoms with Gasteiger partial charge in [-0.3, -0.25) is 9.48 Å². The summed E-state index contributed by atoms with van der Waals surface area (Å²) >= 11 is 0. The molecule has 6 rings (SSSR count). The highest BCUT2D eigenvalue weighted by atomic mass is 19.1. The van der Waals surface area contributed by atoms with Gasteiger partial charge in [0.2, 0.25) is 5.95 Å². The zero-order valence-electron chi connectivity index (χ0n) is 22.4. The molecule has 4 nitrogen and oxygen atoms in total. The van der Waals surface area contributed by atoms with Crippen LogP contribution in [0.25, 0.3) is 10.9 Å². The van der Waals surface area contributed by atoms with Crippen LogP contribution in [0.15, 0.2) is 18.5 Å². The van der Waals surface area contributed by atoms with Crippen LogP contribution in [-0.4, -0.2) is 20.5 Å². The van der Waals surface area contributed by atoms with Gasteiger partial charge in [-0.25, -0.2) is 4.98 Å². The fourth-order valence-electron chi connectivity index (χ4n) is 9.34. The monoisotopic (exact) mass is 481 g/mol. The number of ketones is 1. The first-order valence-corrected chi connectivity index (χ1v) is 14.3. The number of rotatable bonds is 3. The fraction of sp³-hybridized carbons (Fsp3) is 0.767. The number of hydrogen-bond acceptors (Lipinski definition) is 3. The first-order valence-electron chi connectivity index (χ1n) is 14.3. The van der Waals surface area contributed by atoms with Gasteiger partial charge in [0.15, 0.2) is 5.78 Å². The van der Waals surface area contributed by atoms with Gasteiger partial charge in [-0.15, -0.1) is 0 Å². The summed E-state index contributed by atoms with van der Waals surface area (Å²) in [6.45, 7) is 11.8. The molecule has 2 aromatic rings.